The summed E-state index contributed by atoms with van der Waals surface area (Å²) in [7, 11) is 0. The number of carbonyl (C=O) groups is 2. The fourth-order valence-electron chi connectivity index (χ4n) is 3.52. The van der Waals surface area contributed by atoms with Crippen LogP contribution in [0.4, 0.5) is 0 Å². The third-order valence-corrected chi connectivity index (χ3v) is 5.17. The third-order valence-electron chi connectivity index (χ3n) is 5.17. The van der Waals surface area contributed by atoms with E-state index in [4.69, 9.17) is 9.47 Å². The average Bonchev–Trinajstić information content (AvgIpc) is 2.89. The van der Waals surface area contributed by atoms with Crippen LogP contribution < -0.4 is 9.47 Å². The third kappa shape index (κ3) is 5.95. The van der Waals surface area contributed by atoms with Gasteiger partial charge in [-0.25, -0.2) is 0 Å². The van der Waals surface area contributed by atoms with Gasteiger partial charge in [0.05, 0.1) is 0 Å². The smallest absolute Gasteiger partial charge is 0.203 e. The molecule has 2 unspecified atom stereocenters. The minimum atomic E-state index is -0.906. The minimum absolute atomic E-state index is 0.0608. The van der Waals surface area contributed by atoms with Crippen molar-refractivity contribution in [1.29, 1.82) is 0 Å². The van der Waals surface area contributed by atoms with Gasteiger partial charge in [-0.2, -0.15) is 0 Å². The summed E-state index contributed by atoms with van der Waals surface area (Å²) < 4.78 is 12.2. The molecule has 0 N–H and O–H groups in total. The Kier molecular flexibility index (Phi) is 7.29. The van der Waals surface area contributed by atoms with Crippen molar-refractivity contribution in [2.45, 2.75) is 18.6 Å². The van der Waals surface area contributed by atoms with Crippen LogP contribution in [0.1, 0.15) is 27.1 Å². The van der Waals surface area contributed by atoms with Crippen molar-refractivity contribution >= 4 is 11.6 Å². The molecule has 4 aromatic rings. The molecule has 4 heteroatoms. The molecule has 0 saturated heterocycles. The molecule has 2 atom stereocenters. The lowest BCUT2D eigenvalue weighted by atomic mass is 9.96. The topological polar surface area (TPSA) is 52.6 Å². The zero-order valence-electron chi connectivity index (χ0n) is 18.0. The Balaban J connectivity index is 1.66. The molecule has 0 fully saturated rings. The zero-order valence-corrected chi connectivity index (χ0v) is 18.0. The number of para-hydroxylation sites is 2. The SMILES string of the molecule is O=C(c1ccccc1)C(CC(Oc1ccccc1)C(=O)c1ccccc1)Oc1ccccc1. The molecule has 0 aliphatic carbocycles. The Morgan fingerprint density at radius 3 is 1.12 bits per heavy atom. The monoisotopic (exact) mass is 436 g/mol. The van der Waals surface area contributed by atoms with Crippen molar-refractivity contribution < 1.29 is 19.1 Å². The summed E-state index contributed by atoms with van der Waals surface area (Å²) in [5.41, 5.74) is 1.04. The lowest BCUT2D eigenvalue weighted by Gasteiger charge is -2.24. The normalized spacial score (nSPS) is 12.4. The number of benzene rings is 4. The van der Waals surface area contributed by atoms with Gasteiger partial charge in [0.1, 0.15) is 11.5 Å². The van der Waals surface area contributed by atoms with Gasteiger partial charge < -0.3 is 9.47 Å². The summed E-state index contributed by atoms with van der Waals surface area (Å²) in [5, 5.41) is 0. The molecule has 4 aromatic carbocycles. The molecule has 0 spiro atoms. The molecular formula is C29H24O4. The van der Waals surface area contributed by atoms with Crippen LogP contribution >= 0.6 is 0 Å². The first-order valence-corrected chi connectivity index (χ1v) is 10.8. The molecule has 0 bridgehead atoms. The fraction of sp³-hybridized carbons (Fsp3) is 0.103. The maximum atomic E-state index is 13.4. The average molecular weight is 437 g/mol. The van der Waals surface area contributed by atoms with Gasteiger partial charge in [-0.15, -0.1) is 0 Å². The molecule has 4 nitrogen and oxygen atoms in total. The van der Waals surface area contributed by atoms with Crippen LogP contribution in [0.15, 0.2) is 121 Å². The molecule has 0 aliphatic rings. The fourth-order valence-corrected chi connectivity index (χ4v) is 3.52. The first kappa shape index (κ1) is 22.0. The van der Waals surface area contributed by atoms with Crippen LogP contribution in [-0.2, 0) is 0 Å². The number of hydrogen-bond acceptors (Lipinski definition) is 4. The largest absolute Gasteiger partial charge is 0.482 e. The Hall–Kier alpha value is -4.18. The number of Topliss-reactive ketones (excluding diaryl/α,β-unsaturated/α-hetero) is 2. The zero-order chi connectivity index (χ0) is 22.9. The van der Waals surface area contributed by atoms with E-state index in [9.17, 15) is 9.59 Å². The van der Waals surface area contributed by atoms with Crippen molar-refractivity contribution in [3.63, 3.8) is 0 Å². The van der Waals surface area contributed by atoms with E-state index in [1.54, 1.807) is 72.8 Å². The summed E-state index contributed by atoms with van der Waals surface area (Å²) in [6.45, 7) is 0. The van der Waals surface area contributed by atoms with Gasteiger partial charge in [0, 0.05) is 17.5 Å². The Morgan fingerprint density at radius 1 is 0.485 bits per heavy atom. The lowest BCUT2D eigenvalue weighted by Crippen LogP contribution is -2.38. The highest BCUT2D eigenvalue weighted by molar-refractivity contribution is 6.02. The van der Waals surface area contributed by atoms with E-state index in [0.29, 0.717) is 22.6 Å². The van der Waals surface area contributed by atoms with Crippen LogP contribution in [0.5, 0.6) is 11.5 Å². The van der Waals surface area contributed by atoms with E-state index in [1.807, 2.05) is 48.5 Å². The van der Waals surface area contributed by atoms with Crippen LogP contribution in [0.3, 0.4) is 0 Å². The van der Waals surface area contributed by atoms with Gasteiger partial charge >= 0.3 is 0 Å². The number of ketones is 2. The predicted octanol–water partition coefficient (Wildman–Crippen LogP) is 6.04. The summed E-state index contributed by atoms with van der Waals surface area (Å²) >= 11 is 0. The van der Waals surface area contributed by atoms with Gasteiger partial charge in [-0.3, -0.25) is 9.59 Å². The van der Waals surface area contributed by atoms with Crippen molar-refractivity contribution in [2.75, 3.05) is 0 Å². The summed E-state index contributed by atoms with van der Waals surface area (Å²) in [5.74, 6) is 0.693. The molecule has 0 radical (unpaired) electrons. The molecule has 0 aromatic heterocycles. The highest BCUT2D eigenvalue weighted by Crippen LogP contribution is 2.22. The number of hydrogen-bond donors (Lipinski definition) is 0. The van der Waals surface area contributed by atoms with Crippen molar-refractivity contribution in [3.8, 4) is 11.5 Å². The maximum absolute atomic E-state index is 13.4. The molecule has 4 rings (SSSR count). The van der Waals surface area contributed by atoms with E-state index in [0.717, 1.165) is 0 Å². The number of rotatable bonds is 10. The van der Waals surface area contributed by atoms with Crippen LogP contribution in [0, 0.1) is 0 Å². The number of ether oxygens (including phenoxy) is 2. The van der Waals surface area contributed by atoms with E-state index in [2.05, 4.69) is 0 Å². The molecule has 164 valence electrons. The van der Waals surface area contributed by atoms with Crippen LogP contribution in [0.25, 0.3) is 0 Å². The standard InChI is InChI=1S/C29H24O4/c30-28(22-13-5-1-6-14-22)26(32-24-17-9-3-10-18-24)21-27(33-25-19-11-4-12-20-25)29(31)23-15-7-2-8-16-23/h1-20,26-27H,21H2. The van der Waals surface area contributed by atoms with Crippen molar-refractivity contribution in [1.82, 2.24) is 0 Å². The van der Waals surface area contributed by atoms with E-state index >= 15 is 0 Å². The first-order valence-electron chi connectivity index (χ1n) is 10.8. The maximum Gasteiger partial charge on any atom is 0.203 e. The van der Waals surface area contributed by atoms with Crippen LogP contribution in [-0.4, -0.2) is 23.8 Å². The van der Waals surface area contributed by atoms with E-state index in [1.165, 1.54) is 0 Å². The highest BCUT2D eigenvalue weighted by Gasteiger charge is 2.31. The quantitative estimate of drug-likeness (QED) is 0.285. The molecule has 0 amide bonds. The summed E-state index contributed by atoms with van der Waals surface area (Å²) in [6, 6.07) is 36.2. The predicted molar refractivity (Wildman–Crippen MR) is 128 cm³/mol. The van der Waals surface area contributed by atoms with Crippen molar-refractivity contribution in [3.05, 3.63) is 132 Å². The second kappa shape index (κ2) is 10.9. The van der Waals surface area contributed by atoms with Crippen LogP contribution in [0.2, 0.25) is 0 Å². The Labute approximate surface area is 193 Å². The van der Waals surface area contributed by atoms with Gasteiger partial charge in [-0.05, 0) is 24.3 Å². The second-order valence-corrected chi connectivity index (χ2v) is 7.54. The Bertz CT molecular complexity index is 1060. The molecule has 0 saturated carbocycles. The van der Waals surface area contributed by atoms with E-state index in [-0.39, 0.29) is 18.0 Å². The van der Waals surface area contributed by atoms with Crippen molar-refractivity contribution in [2.24, 2.45) is 0 Å². The van der Waals surface area contributed by atoms with E-state index < -0.39 is 12.2 Å². The molecule has 0 aliphatic heterocycles. The molecule has 33 heavy (non-hydrogen) atoms. The summed E-state index contributed by atoms with van der Waals surface area (Å²) in [6.07, 6.45) is -1.75. The lowest BCUT2D eigenvalue weighted by molar-refractivity contribution is 0.0588. The minimum Gasteiger partial charge on any atom is -0.482 e. The van der Waals surface area contributed by atoms with Gasteiger partial charge in [0.25, 0.3) is 0 Å². The Morgan fingerprint density at radius 2 is 0.788 bits per heavy atom. The highest BCUT2D eigenvalue weighted by atomic mass is 16.5. The molecule has 0 heterocycles. The van der Waals surface area contributed by atoms with Gasteiger partial charge in [0.15, 0.2) is 12.2 Å². The second-order valence-electron chi connectivity index (χ2n) is 7.54. The van der Waals surface area contributed by atoms with Gasteiger partial charge in [0.2, 0.25) is 11.6 Å². The summed E-state index contributed by atoms with van der Waals surface area (Å²) in [4.78, 5) is 26.8. The van der Waals surface area contributed by atoms with Gasteiger partial charge in [-0.1, -0.05) is 97.1 Å². The molecular weight excluding hydrogens is 412 g/mol. The number of carbonyl (C=O) groups excluding carboxylic acids is 2. The first-order chi connectivity index (χ1) is 16.2.